The number of aromatic nitrogens is 2. The summed E-state index contributed by atoms with van der Waals surface area (Å²) in [4.78, 5) is 13.8. The molecule has 0 aliphatic carbocycles. The number of hydrogen-bond acceptors (Lipinski definition) is 4. The number of carbonyl (C=O) groups excluding carboxylic acids is 1. The van der Waals surface area contributed by atoms with Gasteiger partial charge in [0.15, 0.2) is 0 Å². The Morgan fingerprint density at radius 2 is 2.12 bits per heavy atom. The normalized spacial score (nSPS) is 22.0. The summed E-state index contributed by atoms with van der Waals surface area (Å²) in [5, 5.41) is 15.9. The molecule has 24 heavy (non-hydrogen) atoms. The number of fused-ring (bicyclic) bond motifs is 1. The van der Waals surface area contributed by atoms with Crippen molar-refractivity contribution in [2.75, 3.05) is 13.1 Å². The summed E-state index contributed by atoms with van der Waals surface area (Å²) in [5.41, 5.74) is 1.61. The van der Waals surface area contributed by atoms with Gasteiger partial charge in [0.05, 0.1) is 24.4 Å². The van der Waals surface area contributed by atoms with Gasteiger partial charge in [-0.2, -0.15) is 5.10 Å². The number of aliphatic hydroxyl groups is 1. The molecule has 0 radical (unpaired) electrons. The molecule has 3 rings (SSSR count). The predicted molar refractivity (Wildman–Crippen MR) is 91.9 cm³/mol. The van der Waals surface area contributed by atoms with Gasteiger partial charge in [-0.1, -0.05) is 12.1 Å². The van der Waals surface area contributed by atoms with Crippen LogP contribution < -0.4 is 0 Å². The van der Waals surface area contributed by atoms with Crippen molar-refractivity contribution in [1.29, 1.82) is 0 Å². The highest BCUT2D eigenvalue weighted by molar-refractivity contribution is 5.79. The Labute approximate surface area is 142 Å². The number of β-amino-alcohol motifs (C(OH)–C–C–N with tert-alkyl or cyclic N) is 1. The molecule has 1 saturated heterocycles. The first kappa shape index (κ1) is 16.8. The van der Waals surface area contributed by atoms with E-state index in [1.807, 2.05) is 50.8 Å². The highest BCUT2D eigenvalue weighted by atomic mass is 16.6. The van der Waals surface area contributed by atoms with Crippen LogP contribution in [0.15, 0.2) is 24.4 Å². The first-order chi connectivity index (χ1) is 11.2. The third-order valence-corrected chi connectivity index (χ3v) is 4.43. The van der Waals surface area contributed by atoms with Crippen LogP contribution in [0.1, 0.15) is 38.7 Å². The van der Waals surface area contributed by atoms with E-state index in [4.69, 9.17) is 4.74 Å². The van der Waals surface area contributed by atoms with E-state index in [1.165, 1.54) is 0 Å². The number of hydrogen-bond donors (Lipinski definition) is 1. The number of aliphatic hydroxyl groups excluding tert-OH is 1. The van der Waals surface area contributed by atoms with Gasteiger partial charge in [0, 0.05) is 24.9 Å². The molecular weight excluding hydrogens is 306 g/mol. The summed E-state index contributed by atoms with van der Waals surface area (Å²) < 4.78 is 7.23. The average molecular weight is 331 g/mol. The molecule has 1 aliphatic heterocycles. The van der Waals surface area contributed by atoms with Crippen molar-refractivity contribution in [2.45, 2.75) is 44.8 Å². The topological polar surface area (TPSA) is 67.6 Å². The molecule has 1 N–H and O–H groups in total. The van der Waals surface area contributed by atoms with Crippen LogP contribution >= 0.6 is 0 Å². The SMILES string of the molecule is Cn1ncc2ccc(C3CCN(C(=O)OC(C)(C)C)CC3O)cc21. The average Bonchev–Trinajstić information content (AvgIpc) is 2.86. The Morgan fingerprint density at radius 1 is 1.38 bits per heavy atom. The van der Waals surface area contributed by atoms with Gasteiger partial charge in [0.2, 0.25) is 0 Å². The predicted octanol–water partition coefficient (Wildman–Crippen LogP) is 2.66. The Bertz CT molecular complexity index is 748. The molecule has 6 heteroatoms. The van der Waals surface area contributed by atoms with Crippen LogP contribution in [0.3, 0.4) is 0 Å². The monoisotopic (exact) mass is 331 g/mol. The van der Waals surface area contributed by atoms with E-state index in [0.717, 1.165) is 16.5 Å². The number of rotatable bonds is 1. The maximum absolute atomic E-state index is 12.2. The fraction of sp³-hybridized carbons (Fsp3) is 0.556. The minimum absolute atomic E-state index is 0.0167. The van der Waals surface area contributed by atoms with Gasteiger partial charge in [-0.05, 0) is 38.8 Å². The number of piperidine rings is 1. The van der Waals surface area contributed by atoms with E-state index >= 15 is 0 Å². The highest BCUT2D eigenvalue weighted by Crippen LogP contribution is 2.31. The Hall–Kier alpha value is -2.08. The minimum Gasteiger partial charge on any atom is -0.444 e. The van der Waals surface area contributed by atoms with Crippen molar-refractivity contribution in [2.24, 2.45) is 7.05 Å². The molecule has 1 aromatic heterocycles. The second-order valence-electron chi connectivity index (χ2n) is 7.48. The zero-order chi connectivity index (χ0) is 17.5. The van der Waals surface area contributed by atoms with Crippen molar-refractivity contribution in [3.63, 3.8) is 0 Å². The van der Waals surface area contributed by atoms with Crippen molar-refractivity contribution in [3.8, 4) is 0 Å². The Balaban J connectivity index is 1.73. The van der Waals surface area contributed by atoms with Gasteiger partial charge >= 0.3 is 6.09 Å². The van der Waals surface area contributed by atoms with Crippen LogP contribution in [0.4, 0.5) is 4.79 Å². The van der Waals surface area contributed by atoms with Crippen LogP contribution in [0.25, 0.3) is 10.9 Å². The zero-order valence-corrected chi connectivity index (χ0v) is 14.7. The number of ether oxygens (including phenoxy) is 1. The molecule has 2 heterocycles. The van der Waals surface area contributed by atoms with Gasteiger partial charge in [0.25, 0.3) is 0 Å². The van der Waals surface area contributed by atoms with Crippen LogP contribution in [0.5, 0.6) is 0 Å². The number of benzene rings is 1. The number of likely N-dealkylation sites (tertiary alicyclic amines) is 1. The number of nitrogens with zero attached hydrogens (tertiary/aromatic N) is 3. The fourth-order valence-corrected chi connectivity index (χ4v) is 3.20. The van der Waals surface area contributed by atoms with Gasteiger partial charge in [-0.25, -0.2) is 4.79 Å². The molecule has 1 aromatic carbocycles. The smallest absolute Gasteiger partial charge is 0.410 e. The molecule has 1 amide bonds. The lowest BCUT2D eigenvalue weighted by Crippen LogP contribution is -2.47. The van der Waals surface area contributed by atoms with Crippen LogP contribution in [0.2, 0.25) is 0 Å². The lowest BCUT2D eigenvalue weighted by molar-refractivity contribution is -0.00151. The number of aryl methyl sites for hydroxylation is 1. The second-order valence-corrected chi connectivity index (χ2v) is 7.48. The quantitative estimate of drug-likeness (QED) is 0.872. The first-order valence-electron chi connectivity index (χ1n) is 8.32. The largest absolute Gasteiger partial charge is 0.444 e. The molecule has 2 atom stereocenters. The number of amides is 1. The standard InChI is InChI=1S/C18H25N3O3/c1-18(2,3)24-17(23)21-8-7-14(16(22)11-21)12-5-6-13-10-19-20(4)15(13)9-12/h5-6,9-10,14,16,22H,7-8,11H2,1-4H3. The zero-order valence-electron chi connectivity index (χ0n) is 14.7. The fourth-order valence-electron chi connectivity index (χ4n) is 3.20. The summed E-state index contributed by atoms with van der Waals surface area (Å²) in [6, 6.07) is 6.16. The van der Waals surface area contributed by atoms with Gasteiger partial charge in [-0.15, -0.1) is 0 Å². The van der Waals surface area contributed by atoms with Crippen LogP contribution in [-0.2, 0) is 11.8 Å². The lowest BCUT2D eigenvalue weighted by Gasteiger charge is -2.36. The summed E-state index contributed by atoms with van der Waals surface area (Å²) >= 11 is 0. The summed E-state index contributed by atoms with van der Waals surface area (Å²) in [7, 11) is 1.91. The Morgan fingerprint density at radius 3 is 2.79 bits per heavy atom. The number of carbonyl (C=O) groups is 1. The van der Waals surface area contributed by atoms with E-state index in [2.05, 4.69) is 11.2 Å². The molecule has 0 spiro atoms. The van der Waals surface area contributed by atoms with Crippen LogP contribution in [0, 0.1) is 0 Å². The van der Waals surface area contributed by atoms with E-state index in [9.17, 15) is 9.90 Å². The molecule has 1 fully saturated rings. The first-order valence-corrected chi connectivity index (χ1v) is 8.32. The molecule has 130 valence electrons. The van der Waals surface area contributed by atoms with Crippen molar-refractivity contribution in [1.82, 2.24) is 14.7 Å². The summed E-state index contributed by atoms with van der Waals surface area (Å²) in [6.45, 7) is 6.41. The van der Waals surface area contributed by atoms with Crippen molar-refractivity contribution >= 4 is 17.0 Å². The highest BCUT2D eigenvalue weighted by Gasteiger charge is 2.33. The maximum atomic E-state index is 12.2. The molecule has 6 nitrogen and oxygen atoms in total. The van der Waals surface area contributed by atoms with E-state index in [1.54, 1.807) is 4.90 Å². The summed E-state index contributed by atoms with van der Waals surface area (Å²) in [5.74, 6) is 0.0167. The maximum Gasteiger partial charge on any atom is 0.410 e. The molecule has 2 aromatic rings. The van der Waals surface area contributed by atoms with Gasteiger partial charge in [0.1, 0.15) is 5.60 Å². The van der Waals surface area contributed by atoms with Crippen LogP contribution in [-0.4, -0.2) is 50.7 Å². The molecular formula is C18H25N3O3. The third-order valence-electron chi connectivity index (χ3n) is 4.43. The van der Waals surface area contributed by atoms with Gasteiger partial charge < -0.3 is 14.7 Å². The van der Waals surface area contributed by atoms with E-state index in [0.29, 0.717) is 19.5 Å². The molecule has 0 saturated carbocycles. The summed E-state index contributed by atoms with van der Waals surface area (Å²) in [6.07, 6.45) is 1.59. The molecule has 0 bridgehead atoms. The van der Waals surface area contributed by atoms with Crippen molar-refractivity contribution < 1.29 is 14.6 Å². The lowest BCUT2D eigenvalue weighted by atomic mass is 9.87. The minimum atomic E-state index is -0.600. The van der Waals surface area contributed by atoms with E-state index < -0.39 is 11.7 Å². The van der Waals surface area contributed by atoms with E-state index in [-0.39, 0.29) is 12.0 Å². The third kappa shape index (κ3) is 3.38. The molecule has 2 unspecified atom stereocenters. The van der Waals surface area contributed by atoms with Crippen molar-refractivity contribution in [3.05, 3.63) is 30.0 Å². The molecule has 1 aliphatic rings. The Kier molecular flexibility index (Phi) is 4.25. The second kappa shape index (κ2) is 6.09. The van der Waals surface area contributed by atoms with Gasteiger partial charge in [-0.3, -0.25) is 4.68 Å².